The lowest BCUT2D eigenvalue weighted by molar-refractivity contribution is 0.553. The highest BCUT2D eigenvalue weighted by Crippen LogP contribution is 2.18. The van der Waals surface area contributed by atoms with Crippen molar-refractivity contribution in [3.8, 4) is 11.3 Å². The quantitative estimate of drug-likeness (QED) is 0.798. The summed E-state index contributed by atoms with van der Waals surface area (Å²) in [5, 5.41) is 8.22. The van der Waals surface area contributed by atoms with Gasteiger partial charge in [0, 0.05) is 17.8 Å². The Kier molecular flexibility index (Phi) is 3.19. The molecule has 0 aliphatic carbocycles. The number of nitrogens with zero attached hydrogens (tertiary/aromatic N) is 3. The van der Waals surface area contributed by atoms with E-state index in [1.807, 2.05) is 35.1 Å². The van der Waals surface area contributed by atoms with E-state index in [2.05, 4.69) is 17.2 Å². The molecule has 1 heterocycles. The summed E-state index contributed by atoms with van der Waals surface area (Å²) >= 11 is 0. The van der Waals surface area contributed by atoms with Gasteiger partial charge in [-0.25, -0.2) is 0 Å². The van der Waals surface area contributed by atoms with Crippen LogP contribution >= 0.6 is 0 Å². The molecule has 0 atom stereocenters. The monoisotopic (exact) mass is 216 g/mol. The highest BCUT2D eigenvalue weighted by Gasteiger charge is 2.03. The third-order valence-electron chi connectivity index (χ3n) is 2.46. The lowest BCUT2D eigenvalue weighted by Gasteiger charge is -1.97. The van der Waals surface area contributed by atoms with Crippen molar-refractivity contribution in [1.82, 2.24) is 15.0 Å². The molecule has 4 nitrogen and oxygen atoms in total. The molecule has 1 aromatic carbocycles. The smallest absolute Gasteiger partial charge is 0.113 e. The molecule has 0 unspecified atom stereocenters. The number of anilines is 1. The molecule has 16 heavy (non-hydrogen) atoms. The summed E-state index contributed by atoms with van der Waals surface area (Å²) in [7, 11) is 0. The molecule has 0 saturated heterocycles. The fraction of sp³-hybridized carbons (Fsp3) is 0.333. The third kappa shape index (κ3) is 2.39. The Morgan fingerprint density at radius 2 is 2.25 bits per heavy atom. The van der Waals surface area contributed by atoms with Gasteiger partial charge in [0.05, 0.1) is 6.20 Å². The van der Waals surface area contributed by atoms with Crippen molar-refractivity contribution < 1.29 is 0 Å². The Morgan fingerprint density at radius 1 is 1.38 bits per heavy atom. The Hall–Kier alpha value is -1.84. The number of nitrogens with two attached hydrogens (primary N) is 1. The number of nitrogen functional groups attached to an aromatic ring is 1. The van der Waals surface area contributed by atoms with Gasteiger partial charge in [0.1, 0.15) is 5.69 Å². The van der Waals surface area contributed by atoms with Crippen LogP contribution in [0.1, 0.15) is 19.8 Å². The first-order valence-electron chi connectivity index (χ1n) is 5.55. The van der Waals surface area contributed by atoms with Gasteiger partial charge in [-0.2, -0.15) is 0 Å². The van der Waals surface area contributed by atoms with E-state index >= 15 is 0 Å². The maximum absolute atomic E-state index is 5.73. The summed E-state index contributed by atoms with van der Waals surface area (Å²) in [6, 6.07) is 7.69. The standard InChI is InChI=1S/C12H16N4/c1-2-3-7-16-9-12(14-15-16)10-5-4-6-11(13)8-10/h4-6,8-9H,2-3,7,13H2,1H3. The molecule has 0 radical (unpaired) electrons. The SMILES string of the molecule is CCCCn1cc(-c2cccc(N)c2)nn1. The molecule has 2 N–H and O–H groups in total. The van der Waals surface area contributed by atoms with E-state index in [0.29, 0.717) is 0 Å². The van der Waals surface area contributed by atoms with Gasteiger partial charge in [0.2, 0.25) is 0 Å². The van der Waals surface area contributed by atoms with Gasteiger partial charge in [0.15, 0.2) is 0 Å². The van der Waals surface area contributed by atoms with Gasteiger partial charge < -0.3 is 5.73 Å². The Morgan fingerprint density at radius 3 is 3.00 bits per heavy atom. The van der Waals surface area contributed by atoms with E-state index in [1.165, 1.54) is 0 Å². The molecule has 0 aliphatic rings. The van der Waals surface area contributed by atoms with Crippen LogP contribution in [-0.4, -0.2) is 15.0 Å². The molecule has 0 fully saturated rings. The van der Waals surface area contributed by atoms with Crippen molar-refractivity contribution in [3.05, 3.63) is 30.5 Å². The van der Waals surface area contributed by atoms with Crippen LogP contribution in [0.25, 0.3) is 11.3 Å². The van der Waals surface area contributed by atoms with E-state index in [-0.39, 0.29) is 0 Å². The molecule has 2 rings (SSSR count). The minimum Gasteiger partial charge on any atom is -0.399 e. The van der Waals surface area contributed by atoms with Crippen molar-refractivity contribution in [2.45, 2.75) is 26.3 Å². The first-order chi connectivity index (χ1) is 7.79. The van der Waals surface area contributed by atoms with Gasteiger partial charge in [-0.05, 0) is 18.6 Å². The average molecular weight is 216 g/mol. The van der Waals surface area contributed by atoms with Gasteiger partial charge >= 0.3 is 0 Å². The Bertz CT molecular complexity index is 462. The largest absolute Gasteiger partial charge is 0.399 e. The summed E-state index contributed by atoms with van der Waals surface area (Å²) in [6.45, 7) is 3.08. The van der Waals surface area contributed by atoms with E-state index < -0.39 is 0 Å². The van der Waals surface area contributed by atoms with Crippen LogP contribution < -0.4 is 5.73 Å². The average Bonchev–Trinajstić information content (AvgIpc) is 2.75. The normalized spacial score (nSPS) is 10.6. The zero-order chi connectivity index (χ0) is 11.4. The highest BCUT2D eigenvalue weighted by atomic mass is 15.4. The Labute approximate surface area is 95.1 Å². The maximum Gasteiger partial charge on any atom is 0.113 e. The van der Waals surface area contributed by atoms with E-state index in [1.54, 1.807) is 0 Å². The number of unbranched alkanes of at least 4 members (excludes halogenated alkanes) is 1. The predicted octanol–water partition coefficient (Wildman–Crippen LogP) is 2.33. The molecular formula is C12H16N4. The van der Waals surface area contributed by atoms with Crippen LogP contribution in [0.2, 0.25) is 0 Å². The zero-order valence-electron chi connectivity index (χ0n) is 9.43. The van der Waals surface area contributed by atoms with E-state index in [4.69, 9.17) is 5.73 Å². The highest BCUT2D eigenvalue weighted by molar-refractivity contribution is 5.62. The summed E-state index contributed by atoms with van der Waals surface area (Å²) in [4.78, 5) is 0. The molecule has 0 amide bonds. The van der Waals surface area contributed by atoms with Crippen molar-refractivity contribution in [2.24, 2.45) is 0 Å². The van der Waals surface area contributed by atoms with Crippen molar-refractivity contribution in [3.63, 3.8) is 0 Å². The van der Waals surface area contributed by atoms with Crippen molar-refractivity contribution >= 4 is 5.69 Å². The fourth-order valence-corrected chi connectivity index (χ4v) is 1.56. The van der Waals surface area contributed by atoms with Gasteiger partial charge in [-0.1, -0.05) is 30.7 Å². The lowest BCUT2D eigenvalue weighted by Crippen LogP contribution is -1.97. The molecule has 0 spiro atoms. The number of benzene rings is 1. The van der Waals surface area contributed by atoms with E-state index in [9.17, 15) is 0 Å². The second-order valence-corrected chi connectivity index (χ2v) is 3.85. The summed E-state index contributed by atoms with van der Waals surface area (Å²) in [5.41, 5.74) is 8.37. The first kappa shape index (κ1) is 10.7. The number of aromatic nitrogens is 3. The minimum absolute atomic E-state index is 0.751. The van der Waals surface area contributed by atoms with Crippen LogP contribution in [0.3, 0.4) is 0 Å². The molecule has 4 heteroatoms. The minimum atomic E-state index is 0.751. The van der Waals surface area contributed by atoms with Crippen LogP contribution in [0.5, 0.6) is 0 Å². The van der Waals surface area contributed by atoms with Crippen molar-refractivity contribution in [2.75, 3.05) is 5.73 Å². The molecule has 84 valence electrons. The van der Waals surface area contributed by atoms with Gasteiger partial charge in [-0.3, -0.25) is 4.68 Å². The molecule has 0 bridgehead atoms. The topological polar surface area (TPSA) is 56.7 Å². The predicted molar refractivity (Wildman–Crippen MR) is 64.8 cm³/mol. The van der Waals surface area contributed by atoms with Crippen molar-refractivity contribution in [1.29, 1.82) is 0 Å². The van der Waals surface area contributed by atoms with Crippen LogP contribution in [0.4, 0.5) is 5.69 Å². The number of rotatable bonds is 4. The zero-order valence-corrected chi connectivity index (χ0v) is 9.43. The molecule has 2 aromatic rings. The molecule has 0 aliphatic heterocycles. The summed E-state index contributed by atoms with van der Waals surface area (Å²) in [6.07, 6.45) is 4.25. The second kappa shape index (κ2) is 4.79. The van der Waals surface area contributed by atoms with Crippen LogP contribution in [0.15, 0.2) is 30.5 Å². The van der Waals surface area contributed by atoms with Gasteiger partial charge in [0.25, 0.3) is 0 Å². The van der Waals surface area contributed by atoms with Crippen LogP contribution in [-0.2, 0) is 6.54 Å². The Balaban J connectivity index is 2.18. The van der Waals surface area contributed by atoms with Crippen LogP contribution in [0, 0.1) is 0 Å². The first-order valence-corrected chi connectivity index (χ1v) is 5.55. The summed E-state index contributed by atoms with van der Waals surface area (Å²) < 4.78 is 1.88. The number of hydrogen-bond acceptors (Lipinski definition) is 3. The van der Waals surface area contributed by atoms with Gasteiger partial charge in [-0.15, -0.1) is 5.10 Å². The molecule has 1 aromatic heterocycles. The third-order valence-corrected chi connectivity index (χ3v) is 2.46. The second-order valence-electron chi connectivity index (χ2n) is 3.85. The molecule has 0 saturated carbocycles. The molecular weight excluding hydrogens is 200 g/mol. The maximum atomic E-state index is 5.73. The van der Waals surface area contributed by atoms with E-state index in [0.717, 1.165) is 36.3 Å². The lowest BCUT2D eigenvalue weighted by atomic mass is 10.1. The fourth-order valence-electron chi connectivity index (χ4n) is 1.56. The summed E-state index contributed by atoms with van der Waals surface area (Å²) in [5.74, 6) is 0. The number of hydrogen-bond donors (Lipinski definition) is 1. The number of aryl methyl sites for hydroxylation is 1.